The Labute approximate surface area is 190 Å². The fraction of sp³-hybridized carbons (Fsp3) is 0.381. The Bertz CT molecular complexity index is 754. The molecule has 0 saturated heterocycles. The van der Waals surface area contributed by atoms with Gasteiger partial charge in [0.1, 0.15) is 11.5 Å². The van der Waals surface area contributed by atoms with Crippen LogP contribution in [0.15, 0.2) is 47.5 Å². The van der Waals surface area contributed by atoms with Crippen molar-refractivity contribution in [3.8, 4) is 11.5 Å². The van der Waals surface area contributed by atoms with Gasteiger partial charge in [0.05, 0.1) is 20.8 Å². The summed E-state index contributed by atoms with van der Waals surface area (Å²) in [6, 6.07) is 14.1. The zero-order chi connectivity index (χ0) is 20.2. The summed E-state index contributed by atoms with van der Waals surface area (Å²) in [5.74, 6) is 2.27. The van der Waals surface area contributed by atoms with Gasteiger partial charge in [-0.05, 0) is 29.8 Å². The summed E-state index contributed by atoms with van der Waals surface area (Å²) in [6.07, 6.45) is 0. The standard InChI is InChI=1S/C21H30N4O3.HI/c1-22-21(25-15-17-7-10-19(27-3)13-20(17)28-4)24-14-16-5-8-18(9-6-16)23-11-12-26-2;/h5-10,13,23H,11-12,14-15H2,1-4H3,(H2,22,24,25);1H. The molecule has 0 aromatic heterocycles. The second-order valence-corrected chi connectivity index (χ2v) is 6.07. The van der Waals surface area contributed by atoms with Crippen molar-refractivity contribution >= 4 is 35.6 Å². The van der Waals surface area contributed by atoms with Gasteiger partial charge >= 0.3 is 0 Å². The Morgan fingerprint density at radius 1 is 0.931 bits per heavy atom. The molecule has 2 aromatic carbocycles. The molecule has 0 radical (unpaired) electrons. The highest BCUT2D eigenvalue weighted by Crippen LogP contribution is 2.24. The maximum Gasteiger partial charge on any atom is 0.191 e. The number of ether oxygens (including phenoxy) is 3. The monoisotopic (exact) mass is 514 g/mol. The first-order valence-corrected chi connectivity index (χ1v) is 9.17. The van der Waals surface area contributed by atoms with Crippen molar-refractivity contribution in [2.75, 3.05) is 46.8 Å². The number of nitrogens with one attached hydrogen (secondary N) is 3. The molecule has 0 aliphatic carbocycles. The lowest BCUT2D eigenvalue weighted by atomic mass is 10.2. The predicted molar refractivity (Wildman–Crippen MR) is 129 cm³/mol. The van der Waals surface area contributed by atoms with E-state index in [1.54, 1.807) is 28.4 Å². The first-order chi connectivity index (χ1) is 13.7. The molecule has 2 aromatic rings. The van der Waals surface area contributed by atoms with E-state index in [0.717, 1.165) is 35.3 Å². The van der Waals surface area contributed by atoms with Gasteiger partial charge in [-0.3, -0.25) is 4.99 Å². The molecule has 0 amide bonds. The molecular weight excluding hydrogens is 483 g/mol. The van der Waals surface area contributed by atoms with Crippen molar-refractivity contribution in [2.24, 2.45) is 4.99 Å². The van der Waals surface area contributed by atoms with Gasteiger partial charge in [-0.2, -0.15) is 0 Å². The molecule has 0 aliphatic heterocycles. The molecule has 0 atom stereocenters. The number of aliphatic imine (C=N–C) groups is 1. The van der Waals surface area contributed by atoms with E-state index in [2.05, 4.69) is 45.2 Å². The summed E-state index contributed by atoms with van der Waals surface area (Å²) >= 11 is 0. The van der Waals surface area contributed by atoms with Gasteiger partial charge in [0.15, 0.2) is 5.96 Å². The molecule has 7 nitrogen and oxygen atoms in total. The van der Waals surface area contributed by atoms with Gasteiger partial charge in [-0.1, -0.05) is 12.1 Å². The Hall–Kier alpha value is -2.20. The fourth-order valence-electron chi connectivity index (χ4n) is 2.62. The minimum absolute atomic E-state index is 0. The van der Waals surface area contributed by atoms with Gasteiger partial charge in [0.2, 0.25) is 0 Å². The largest absolute Gasteiger partial charge is 0.497 e. The number of benzene rings is 2. The van der Waals surface area contributed by atoms with Crippen LogP contribution in [0.5, 0.6) is 11.5 Å². The number of guanidine groups is 1. The molecule has 0 spiro atoms. The summed E-state index contributed by atoms with van der Waals surface area (Å²) in [7, 11) is 6.74. The van der Waals surface area contributed by atoms with Crippen LogP contribution in [0, 0.1) is 0 Å². The number of hydrogen-bond acceptors (Lipinski definition) is 5. The van der Waals surface area contributed by atoms with Crippen LogP contribution in [-0.2, 0) is 17.8 Å². The zero-order valence-electron chi connectivity index (χ0n) is 17.5. The normalized spacial score (nSPS) is 10.7. The Morgan fingerprint density at radius 3 is 2.28 bits per heavy atom. The summed E-state index contributed by atoms with van der Waals surface area (Å²) in [4.78, 5) is 4.28. The minimum atomic E-state index is 0. The molecule has 0 aliphatic rings. The van der Waals surface area contributed by atoms with E-state index in [1.165, 1.54) is 5.56 Å². The van der Waals surface area contributed by atoms with Crippen LogP contribution in [0.1, 0.15) is 11.1 Å². The lowest BCUT2D eigenvalue weighted by Gasteiger charge is -2.15. The predicted octanol–water partition coefficient (Wildman–Crippen LogP) is 3.25. The summed E-state index contributed by atoms with van der Waals surface area (Å²) in [6.45, 7) is 2.75. The first kappa shape index (κ1) is 24.8. The highest BCUT2D eigenvalue weighted by molar-refractivity contribution is 14.0. The Balaban J connectivity index is 0.00000420. The van der Waals surface area contributed by atoms with E-state index in [9.17, 15) is 0 Å². The fourth-order valence-corrected chi connectivity index (χ4v) is 2.62. The zero-order valence-corrected chi connectivity index (χ0v) is 19.8. The van der Waals surface area contributed by atoms with E-state index >= 15 is 0 Å². The van der Waals surface area contributed by atoms with Crippen molar-refractivity contribution in [1.29, 1.82) is 0 Å². The van der Waals surface area contributed by atoms with Crippen LogP contribution in [0.2, 0.25) is 0 Å². The van der Waals surface area contributed by atoms with Crippen molar-refractivity contribution < 1.29 is 14.2 Å². The first-order valence-electron chi connectivity index (χ1n) is 9.17. The van der Waals surface area contributed by atoms with Crippen LogP contribution < -0.4 is 25.4 Å². The van der Waals surface area contributed by atoms with Crippen molar-refractivity contribution in [1.82, 2.24) is 10.6 Å². The SMILES string of the molecule is CN=C(NCc1ccc(NCCOC)cc1)NCc1ccc(OC)cc1OC.I. The summed E-state index contributed by atoms with van der Waals surface area (Å²) < 4.78 is 15.7. The number of nitrogens with zero attached hydrogens (tertiary/aromatic N) is 1. The number of methoxy groups -OCH3 is 3. The lowest BCUT2D eigenvalue weighted by molar-refractivity contribution is 0.211. The van der Waals surface area contributed by atoms with E-state index < -0.39 is 0 Å². The van der Waals surface area contributed by atoms with E-state index in [0.29, 0.717) is 19.7 Å². The highest BCUT2D eigenvalue weighted by Gasteiger charge is 2.06. The van der Waals surface area contributed by atoms with Crippen LogP contribution in [0.25, 0.3) is 0 Å². The van der Waals surface area contributed by atoms with Crippen LogP contribution in [0.3, 0.4) is 0 Å². The molecule has 0 unspecified atom stereocenters. The molecule has 3 N–H and O–H groups in total. The Morgan fingerprint density at radius 2 is 1.66 bits per heavy atom. The second-order valence-electron chi connectivity index (χ2n) is 6.07. The number of rotatable bonds is 10. The van der Waals surface area contributed by atoms with Gasteiger partial charge < -0.3 is 30.2 Å². The third-order valence-corrected chi connectivity index (χ3v) is 4.21. The molecule has 2 rings (SSSR count). The summed E-state index contributed by atoms with van der Waals surface area (Å²) in [5.41, 5.74) is 3.27. The average molecular weight is 514 g/mol. The van der Waals surface area contributed by atoms with Gasteiger partial charge in [0, 0.05) is 51.1 Å². The Kier molecular flexibility index (Phi) is 11.9. The second kappa shape index (κ2) is 13.9. The van der Waals surface area contributed by atoms with Crippen LogP contribution >= 0.6 is 24.0 Å². The maximum absolute atomic E-state index is 5.44. The van der Waals surface area contributed by atoms with Crippen LogP contribution in [-0.4, -0.2) is 47.5 Å². The van der Waals surface area contributed by atoms with Gasteiger partial charge in [-0.15, -0.1) is 24.0 Å². The molecule has 0 fully saturated rings. The molecule has 29 heavy (non-hydrogen) atoms. The number of halogens is 1. The third-order valence-electron chi connectivity index (χ3n) is 4.21. The van der Waals surface area contributed by atoms with Crippen LogP contribution in [0.4, 0.5) is 5.69 Å². The van der Waals surface area contributed by atoms with Crippen molar-refractivity contribution in [2.45, 2.75) is 13.1 Å². The molecular formula is C21H31IN4O3. The lowest BCUT2D eigenvalue weighted by Crippen LogP contribution is -2.36. The quantitative estimate of drug-likeness (QED) is 0.196. The molecule has 8 heteroatoms. The van der Waals surface area contributed by atoms with Crippen molar-refractivity contribution in [3.63, 3.8) is 0 Å². The van der Waals surface area contributed by atoms with E-state index in [4.69, 9.17) is 14.2 Å². The molecule has 0 saturated carbocycles. The summed E-state index contributed by atoms with van der Waals surface area (Å²) in [5, 5.41) is 9.93. The average Bonchev–Trinajstić information content (AvgIpc) is 2.75. The maximum atomic E-state index is 5.44. The third kappa shape index (κ3) is 8.36. The molecule has 0 bridgehead atoms. The topological polar surface area (TPSA) is 76.1 Å². The minimum Gasteiger partial charge on any atom is -0.497 e. The molecule has 0 heterocycles. The highest BCUT2D eigenvalue weighted by atomic mass is 127. The number of anilines is 1. The van der Waals surface area contributed by atoms with Crippen molar-refractivity contribution in [3.05, 3.63) is 53.6 Å². The molecule has 160 valence electrons. The van der Waals surface area contributed by atoms with E-state index in [1.807, 2.05) is 18.2 Å². The van der Waals surface area contributed by atoms with Gasteiger partial charge in [0.25, 0.3) is 0 Å². The van der Waals surface area contributed by atoms with Gasteiger partial charge in [-0.25, -0.2) is 0 Å². The smallest absolute Gasteiger partial charge is 0.191 e. The number of hydrogen-bond donors (Lipinski definition) is 3. The van der Waals surface area contributed by atoms with E-state index in [-0.39, 0.29) is 24.0 Å².